The van der Waals surface area contributed by atoms with Crippen LogP contribution in [0.3, 0.4) is 0 Å². The maximum atomic E-state index is 11.8. The van der Waals surface area contributed by atoms with Gasteiger partial charge < -0.3 is 4.74 Å². The highest BCUT2D eigenvalue weighted by molar-refractivity contribution is 7.80. The van der Waals surface area contributed by atoms with Gasteiger partial charge in [0.2, 0.25) is 0 Å². The first-order chi connectivity index (χ1) is 11.5. The Balaban J connectivity index is 1.70. The predicted molar refractivity (Wildman–Crippen MR) is 92.5 cm³/mol. The SMILES string of the molecule is O=C(COc1ccc(Cl)cc1)NC(=S)NNC(=O)c1ccncc1. The summed E-state index contributed by atoms with van der Waals surface area (Å²) in [5, 5.41) is 2.89. The first-order valence-corrected chi connectivity index (χ1v) is 7.52. The fourth-order valence-electron chi connectivity index (χ4n) is 1.56. The van der Waals surface area contributed by atoms with Crippen molar-refractivity contribution in [2.75, 3.05) is 6.61 Å². The second kappa shape index (κ2) is 8.80. The van der Waals surface area contributed by atoms with Gasteiger partial charge in [-0.2, -0.15) is 0 Å². The molecule has 0 fully saturated rings. The van der Waals surface area contributed by atoms with E-state index in [0.717, 1.165) is 0 Å². The molecule has 0 aliphatic heterocycles. The summed E-state index contributed by atoms with van der Waals surface area (Å²) in [5.74, 6) is -0.383. The summed E-state index contributed by atoms with van der Waals surface area (Å²) in [6.07, 6.45) is 2.98. The number of carbonyl (C=O) groups is 2. The normalized spacial score (nSPS) is 9.71. The number of halogens is 1. The predicted octanol–water partition coefficient (Wildman–Crippen LogP) is 1.45. The van der Waals surface area contributed by atoms with Crippen LogP contribution in [-0.4, -0.2) is 28.5 Å². The van der Waals surface area contributed by atoms with Crippen molar-refractivity contribution in [2.45, 2.75) is 0 Å². The molecule has 0 aliphatic carbocycles. The van der Waals surface area contributed by atoms with E-state index in [1.807, 2.05) is 0 Å². The Morgan fingerprint density at radius 3 is 2.42 bits per heavy atom. The van der Waals surface area contributed by atoms with Gasteiger partial charge in [0, 0.05) is 23.0 Å². The van der Waals surface area contributed by atoms with E-state index in [1.54, 1.807) is 36.4 Å². The van der Waals surface area contributed by atoms with Gasteiger partial charge in [0.05, 0.1) is 0 Å². The third-order valence-corrected chi connectivity index (χ3v) is 3.12. The molecule has 24 heavy (non-hydrogen) atoms. The fraction of sp³-hybridized carbons (Fsp3) is 0.0667. The van der Waals surface area contributed by atoms with Crippen LogP contribution in [0.5, 0.6) is 5.75 Å². The number of amides is 2. The zero-order valence-electron chi connectivity index (χ0n) is 12.3. The molecule has 0 bridgehead atoms. The van der Waals surface area contributed by atoms with E-state index in [0.29, 0.717) is 16.3 Å². The number of hydrazine groups is 1. The number of hydrogen-bond acceptors (Lipinski definition) is 5. The molecular formula is C15H13ClN4O3S. The second-order valence-electron chi connectivity index (χ2n) is 4.43. The van der Waals surface area contributed by atoms with E-state index in [1.165, 1.54) is 12.4 Å². The molecule has 0 unspecified atom stereocenters. The van der Waals surface area contributed by atoms with Crippen molar-refractivity contribution >= 4 is 40.7 Å². The Labute approximate surface area is 148 Å². The first kappa shape index (κ1) is 17.6. The van der Waals surface area contributed by atoms with Crippen molar-refractivity contribution in [3.05, 3.63) is 59.4 Å². The summed E-state index contributed by atoms with van der Waals surface area (Å²) in [6, 6.07) is 9.66. The standard InChI is InChI=1S/C15H13ClN4O3S/c16-11-1-3-12(4-2-11)23-9-13(21)18-15(24)20-19-14(22)10-5-7-17-8-6-10/h1-8H,9H2,(H,19,22)(H2,18,20,21,24). The Morgan fingerprint density at radius 2 is 1.75 bits per heavy atom. The number of carbonyl (C=O) groups excluding carboxylic acids is 2. The quantitative estimate of drug-likeness (QED) is 0.561. The Hall–Kier alpha value is -2.71. The van der Waals surface area contributed by atoms with Gasteiger partial charge in [-0.15, -0.1) is 0 Å². The van der Waals surface area contributed by atoms with Crippen LogP contribution in [0.25, 0.3) is 0 Å². The van der Waals surface area contributed by atoms with Crippen LogP contribution in [0.1, 0.15) is 10.4 Å². The minimum absolute atomic E-state index is 0.0536. The highest BCUT2D eigenvalue weighted by Gasteiger charge is 2.08. The van der Waals surface area contributed by atoms with Gasteiger partial charge >= 0.3 is 0 Å². The van der Waals surface area contributed by atoms with E-state index in [4.69, 9.17) is 28.6 Å². The highest BCUT2D eigenvalue weighted by Crippen LogP contribution is 2.15. The van der Waals surface area contributed by atoms with Crippen molar-refractivity contribution in [1.29, 1.82) is 0 Å². The van der Waals surface area contributed by atoms with Gasteiger partial charge in [-0.05, 0) is 48.6 Å². The molecule has 2 amide bonds. The molecule has 0 atom stereocenters. The number of benzene rings is 1. The van der Waals surface area contributed by atoms with Crippen molar-refractivity contribution in [2.24, 2.45) is 0 Å². The number of nitrogens with zero attached hydrogens (tertiary/aromatic N) is 1. The number of nitrogens with one attached hydrogen (secondary N) is 3. The highest BCUT2D eigenvalue weighted by atomic mass is 35.5. The third-order valence-electron chi connectivity index (χ3n) is 2.67. The molecule has 7 nitrogen and oxygen atoms in total. The maximum Gasteiger partial charge on any atom is 0.269 e. The van der Waals surface area contributed by atoms with Gasteiger partial charge in [0.1, 0.15) is 5.75 Å². The number of ether oxygens (including phenoxy) is 1. The van der Waals surface area contributed by atoms with Crippen LogP contribution in [0.2, 0.25) is 5.02 Å². The molecule has 0 saturated carbocycles. The average molecular weight is 365 g/mol. The lowest BCUT2D eigenvalue weighted by Gasteiger charge is -2.11. The number of thiocarbonyl (C=S) groups is 1. The molecule has 1 aromatic carbocycles. The number of pyridine rings is 1. The van der Waals surface area contributed by atoms with Crippen molar-refractivity contribution in [1.82, 2.24) is 21.2 Å². The third kappa shape index (κ3) is 5.82. The summed E-state index contributed by atoms with van der Waals surface area (Å²) in [7, 11) is 0. The van der Waals surface area contributed by atoms with Crippen molar-refractivity contribution in [3.63, 3.8) is 0 Å². The summed E-state index contributed by atoms with van der Waals surface area (Å²) in [4.78, 5) is 27.3. The molecule has 0 spiro atoms. The second-order valence-corrected chi connectivity index (χ2v) is 5.28. The molecule has 9 heteroatoms. The van der Waals surface area contributed by atoms with E-state index in [9.17, 15) is 9.59 Å². The van der Waals surface area contributed by atoms with Crippen LogP contribution in [0, 0.1) is 0 Å². The first-order valence-electron chi connectivity index (χ1n) is 6.73. The number of aromatic nitrogens is 1. The van der Waals surface area contributed by atoms with E-state index in [2.05, 4.69) is 21.2 Å². The van der Waals surface area contributed by atoms with Crippen LogP contribution in [0.15, 0.2) is 48.8 Å². The molecule has 2 aromatic rings. The fourth-order valence-corrected chi connectivity index (χ4v) is 1.85. The maximum absolute atomic E-state index is 11.8. The Morgan fingerprint density at radius 1 is 1.08 bits per heavy atom. The lowest BCUT2D eigenvalue weighted by atomic mass is 10.3. The van der Waals surface area contributed by atoms with Gasteiger partial charge in [0.25, 0.3) is 11.8 Å². The lowest BCUT2D eigenvalue weighted by molar-refractivity contribution is -0.121. The van der Waals surface area contributed by atoms with Crippen LogP contribution in [-0.2, 0) is 4.79 Å². The minimum atomic E-state index is -0.472. The van der Waals surface area contributed by atoms with Gasteiger partial charge in [-0.25, -0.2) is 0 Å². The summed E-state index contributed by atoms with van der Waals surface area (Å²) < 4.78 is 5.27. The van der Waals surface area contributed by atoms with Gasteiger partial charge in [0.15, 0.2) is 11.7 Å². The number of rotatable bonds is 4. The van der Waals surface area contributed by atoms with Crippen molar-refractivity contribution < 1.29 is 14.3 Å². The molecule has 124 valence electrons. The lowest BCUT2D eigenvalue weighted by Crippen LogP contribution is -2.49. The average Bonchev–Trinajstić information content (AvgIpc) is 2.60. The smallest absolute Gasteiger partial charge is 0.269 e. The van der Waals surface area contributed by atoms with Gasteiger partial charge in [-0.3, -0.25) is 30.7 Å². The van der Waals surface area contributed by atoms with E-state index < -0.39 is 11.8 Å². The molecule has 0 aliphatic rings. The summed E-state index contributed by atoms with van der Waals surface area (Å²) >= 11 is 10.7. The molecule has 0 radical (unpaired) electrons. The topological polar surface area (TPSA) is 92.4 Å². The van der Waals surface area contributed by atoms with Crippen LogP contribution < -0.4 is 20.9 Å². The van der Waals surface area contributed by atoms with E-state index >= 15 is 0 Å². The Bertz CT molecular complexity index is 725. The molecule has 2 rings (SSSR count). The minimum Gasteiger partial charge on any atom is -0.484 e. The molecule has 1 aromatic heterocycles. The zero-order chi connectivity index (χ0) is 17.4. The summed E-state index contributed by atoms with van der Waals surface area (Å²) in [6.45, 7) is -0.234. The largest absolute Gasteiger partial charge is 0.484 e. The molecule has 3 N–H and O–H groups in total. The zero-order valence-corrected chi connectivity index (χ0v) is 13.9. The number of hydrogen-bond donors (Lipinski definition) is 3. The molecule has 0 saturated heterocycles. The molecular weight excluding hydrogens is 352 g/mol. The monoisotopic (exact) mass is 364 g/mol. The van der Waals surface area contributed by atoms with E-state index in [-0.39, 0.29) is 11.7 Å². The Kier molecular flexibility index (Phi) is 6.47. The molecule has 1 heterocycles. The summed E-state index contributed by atoms with van der Waals surface area (Å²) in [5.41, 5.74) is 5.18. The van der Waals surface area contributed by atoms with Crippen LogP contribution in [0.4, 0.5) is 0 Å². The van der Waals surface area contributed by atoms with Crippen LogP contribution >= 0.6 is 23.8 Å². The van der Waals surface area contributed by atoms with Crippen molar-refractivity contribution in [3.8, 4) is 5.75 Å². The van der Waals surface area contributed by atoms with Gasteiger partial charge in [-0.1, -0.05) is 11.6 Å².